The van der Waals surface area contributed by atoms with Crippen molar-refractivity contribution >= 4 is 17.4 Å². The van der Waals surface area contributed by atoms with Crippen molar-refractivity contribution in [3.8, 4) is 0 Å². The normalized spacial score (nSPS) is 21.5. The lowest BCUT2D eigenvalue weighted by molar-refractivity contribution is -0.140. The van der Waals surface area contributed by atoms with Gasteiger partial charge >= 0.3 is 0 Å². The number of halogens is 2. The molecule has 1 unspecified atom stereocenters. The molecule has 0 radical (unpaired) electrons. The van der Waals surface area contributed by atoms with Crippen LogP contribution in [0.1, 0.15) is 30.0 Å². The molecule has 30 heavy (non-hydrogen) atoms. The third kappa shape index (κ3) is 3.85. The number of rotatable bonds is 5. The summed E-state index contributed by atoms with van der Waals surface area (Å²) in [6.45, 7) is 2.75. The van der Waals surface area contributed by atoms with E-state index >= 15 is 0 Å². The molecule has 1 N–H and O–H groups in total. The van der Waals surface area contributed by atoms with Crippen LogP contribution in [0.2, 0.25) is 0 Å². The molecule has 4 rings (SSSR count). The molecule has 0 saturated carbocycles. The molecule has 7 heteroatoms. The maximum Gasteiger partial charge on any atom is 0.295 e. The van der Waals surface area contributed by atoms with Crippen molar-refractivity contribution in [2.75, 3.05) is 26.2 Å². The number of nitrogens with zero attached hydrogens (tertiary/aromatic N) is 2. The topological polar surface area (TPSA) is 60.9 Å². The summed E-state index contributed by atoms with van der Waals surface area (Å²) >= 11 is 0. The van der Waals surface area contributed by atoms with E-state index in [1.165, 1.54) is 35.2 Å². The largest absolute Gasteiger partial charge is 0.507 e. The molecule has 0 bridgehead atoms. The Morgan fingerprint density at radius 1 is 0.967 bits per heavy atom. The molecule has 2 fully saturated rings. The van der Waals surface area contributed by atoms with Crippen molar-refractivity contribution in [2.24, 2.45) is 0 Å². The summed E-state index contributed by atoms with van der Waals surface area (Å²) in [6, 6.07) is 9.76. The van der Waals surface area contributed by atoms with Crippen molar-refractivity contribution in [3.05, 3.63) is 76.9 Å². The summed E-state index contributed by atoms with van der Waals surface area (Å²) in [6.07, 6.45) is 2.19. The number of aliphatic hydroxyl groups is 1. The zero-order chi connectivity index (χ0) is 21.3. The van der Waals surface area contributed by atoms with Gasteiger partial charge in [0.2, 0.25) is 0 Å². The molecule has 0 spiro atoms. The van der Waals surface area contributed by atoms with Crippen LogP contribution in [0.3, 0.4) is 0 Å². The number of hydrogen-bond donors (Lipinski definition) is 1. The maximum absolute atomic E-state index is 14.0. The first kappa shape index (κ1) is 20.2. The Morgan fingerprint density at radius 2 is 1.67 bits per heavy atom. The standard InChI is InChI=1S/C23H22F2N2O3/c24-17-8-6-15(7-9-17)21(28)19-20(16-4-3-5-18(25)14-16)27(23(30)22(19)29)13-12-26-10-1-2-11-26/h3-9,14,20,28H,1-2,10-13H2/b21-19+. The molecule has 0 aromatic heterocycles. The van der Waals surface area contributed by atoms with E-state index in [1.54, 1.807) is 6.07 Å². The lowest BCUT2D eigenvalue weighted by Crippen LogP contribution is -2.37. The van der Waals surface area contributed by atoms with E-state index < -0.39 is 35.1 Å². The van der Waals surface area contributed by atoms with Crippen LogP contribution < -0.4 is 0 Å². The summed E-state index contributed by atoms with van der Waals surface area (Å²) in [7, 11) is 0. The van der Waals surface area contributed by atoms with Crippen LogP contribution in [0, 0.1) is 11.6 Å². The number of Topliss-reactive ketones (excluding diaryl/α,β-unsaturated/α-hetero) is 1. The fraction of sp³-hybridized carbons (Fsp3) is 0.304. The number of carbonyl (C=O) groups is 2. The number of aliphatic hydroxyl groups excluding tert-OH is 1. The quantitative estimate of drug-likeness (QED) is 0.464. The van der Waals surface area contributed by atoms with E-state index in [0.717, 1.165) is 38.1 Å². The molecule has 156 valence electrons. The summed E-state index contributed by atoms with van der Waals surface area (Å²) in [4.78, 5) is 29.3. The van der Waals surface area contributed by atoms with Gasteiger partial charge < -0.3 is 14.9 Å². The van der Waals surface area contributed by atoms with Gasteiger partial charge in [-0.15, -0.1) is 0 Å². The second-order valence-corrected chi connectivity index (χ2v) is 7.60. The van der Waals surface area contributed by atoms with Gasteiger partial charge in [0.25, 0.3) is 11.7 Å². The van der Waals surface area contributed by atoms with Gasteiger partial charge in [-0.25, -0.2) is 8.78 Å². The zero-order valence-electron chi connectivity index (χ0n) is 16.4. The first-order valence-electron chi connectivity index (χ1n) is 9.98. The number of likely N-dealkylation sites (tertiary alicyclic amines) is 2. The second-order valence-electron chi connectivity index (χ2n) is 7.60. The van der Waals surface area contributed by atoms with Crippen LogP contribution in [0.5, 0.6) is 0 Å². The van der Waals surface area contributed by atoms with Crippen LogP contribution in [-0.4, -0.2) is 52.8 Å². The van der Waals surface area contributed by atoms with Gasteiger partial charge in [-0.2, -0.15) is 0 Å². The first-order valence-corrected chi connectivity index (χ1v) is 9.98. The molecule has 1 amide bonds. The zero-order valence-corrected chi connectivity index (χ0v) is 16.4. The summed E-state index contributed by atoms with van der Waals surface area (Å²) in [5, 5.41) is 10.9. The monoisotopic (exact) mass is 412 g/mol. The Labute approximate surface area is 173 Å². The van der Waals surface area contributed by atoms with Gasteiger partial charge in [0.1, 0.15) is 17.4 Å². The number of amides is 1. The average molecular weight is 412 g/mol. The van der Waals surface area contributed by atoms with Crippen LogP contribution in [0.4, 0.5) is 8.78 Å². The summed E-state index contributed by atoms with van der Waals surface area (Å²) in [5.74, 6) is -2.94. The third-order valence-corrected chi connectivity index (χ3v) is 5.68. The van der Waals surface area contributed by atoms with Crippen molar-refractivity contribution in [3.63, 3.8) is 0 Å². The molecule has 0 aliphatic carbocycles. The second kappa shape index (κ2) is 8.36. The van der Waals surface area contributed by atoms with E-state index in [1.807, 2.05) is 0 Å². The maximum atomic E-state index is 14.0. The fourth-order valence-electron chi connectivity index (χ4n) is 4.15. The lowest BCUT2D eigenvalue weighted by Gasteiger charge is -2.27. The predicted molar refractivity (Wildman–Crippen MR) is 107 cm³/mol. The van der Waals surface area contributed by atoms with Crippen molar-refractivity contribution in [1.82, 2.24) is 9.80 Å². The number of carbonyl (C=O) groups excluding carboxylic acids is 2. The van der Waals surface area contributed by atoms with Gasteiger partial charge in [-0.3, -0.25) is 9.59 Å². The highest BCUT2D eigenvalue weighted by Crippen LogP contribution is 2.39. The minimum absolute atomic E-state index is 0.112. The van der Waals surface area contributed by atoms with Crippen LogP contribution in [0.15, 0.2) is 54.1 Å². The summed E-state index contributed by atoms with van der Waals surface area (Å²) in [5.41, 5.74) is 0.508. The Morgan fingerprint density at radius 3 is 2.33 bits per heavy atom. The van der Waals surface area contributed by atoms with Crippen molar-refractivity contribution in [2.45, 2.75) is 18.9 Å². The highest BCUT2D eigenvalue weighted by Gasteiger charge is 2.46. The van der Waals surface area contributed by atoms with E-state index in [-0.39, 0.29) is 17.7 Å². The molecule has 2 aliphatic rings. The van der Waals surface area contributed by atoms with Crippen LogP contribution in [0.25, 0.3) is 5.76 Å². The number of benzene rings is 2. The smallest absolute Gasteiger partial charge is 0.295 e. The lowest BCUT2D eigenvalue weighted by atomic mass is 9.95. The minimum atomic E-state index is -0.909. The average Bonchev–Trinajstić information content (AvgIpc) is 3.34. The van der Waals surface area contributed by atoms with Crippen molar-refractivity contribution < 1.29 is 23.5 Å². The molecule has 2 aliphatic heterocycles. The Balaban J connectivity index is 1.76. The van der Waals surface area contributed by atoms with Crippen molar-refractivity contribution in [1.29, 1.82) is 0 Å². The van der Waals surface area contributed by atoms with Gasteiger partial charge in [-0.05, 0) is 67.9 Å². The third-order valence-electron chi connectivity index (χ3n) is 5.68. The minimum Gasteiger partial charge on any atom is -0.507 e. The molecule has 1 atom stereocenters. The molecule has 5 nitrogen and oxygen atoms in total. The van der Waals surface area contributed by atoms with Crippen LogP contribution in [-0.2, 0) is 9.59 Å². The molecule has 2 aromatic rings. The molecular weight excluding hydrogens is 390 g/mol. The van der Waals surface area contributed by atoms with Crippen LogP contribution >= 0.6 is 0 Å². The van der Waals surface area contributed by atoms with E-state index in [4.69, 9.17) is 0 Å². The Hall–Kier alpha value is -3.06. The molecule has 2 saturated heterocycles. The Bertz CT molecular complexity index is 998. The van der Waals surface area contributed by atoms with E-state index in [2.05, 4.69) is 4.90 Å². The number of hydrogen-bond acceptors (Lipinski definition) is 4. The molecule has 2 heterocycles. The van der Waals surface area contributed by atoms with E-state index in [0.29, 0.717) is 12.1 Å². The molecular formula is C23H22F2N2O3. The van der Waals surface area contributed by atoms with Gasteiger partial charge in [0, 0.05) is 18.7 Å². The number of ketones is 1. The van der Waals surface area contributed by atoms with E-state index in [9.17, 15) is 23.5 Å². The molecule has 2 aromatic carbocycles. The first-order chi connectivity index (χ1) is 14.5. The highest BCUT2D eigenvalue weighted by atomic mass is 19.1. The highest BCUT2D eigenvalue weighted by molar-refractivity contribution is 6.46. The van der Waals surface area contributed by atoms with Gasteiger partial charge in [0.15, 0.2) is 0 Å². The van der Waals surface area contributed by atoms with Gasteiger partial charge in [-0.1, -0.05) is 12.1 Å². The predicted octanol–water partition coefficient (Wildman–Crippen LogP) is 3.48. The SMILES string of the molecule is O=C1C(=O)N(CCN2CCCC2)C(c2cccc(F)c2)/C1=C(\O)c1ccc(F)cc1. The van der Waals surface area contributed by atoms with Gasteiger partial charge in [0.05, 0.1) is 11.6 Å². The fourth-order valence-corrected chi connectivity index (χ4v) is 4.15. The Kier molecular flexibility index (Phi) is 5.63. The summed E-state index contributed by atoms with van der Waals surface area (Å²) < 4.78 is 27.2.